The van der Waals surface area contributed by atoms with Crippen LogP contribution in [0.4, 0.5) is 11.4 Å². The SMILES string of the molecule is Cc1cccc2c1N1Cc3ccccc3CC1CN2. The topological polar surface area (TPSA) is 15.3 Å². The Bertz CT molecular complexity index is 633. The van der Waals surface area contributed by atoms with Gasteiger partial charge in [0.05, 0.1) is 17.4 Å². The van der Waals surface area contributed by atoms with Gasteiger partial charge in [0.2, 0.25) is 0 Å². The van der Waals surface area contributed by atoms with Crippen LogP contribution in [0.1, 0.15) is 16.7 Å². The third kappa shape index (κ3) is 1.63. The first kappa shape index (κ1) is 10.9. The van der Waals surface area contributed by atoms with Gasteiger partial charge in [-0.05, 0) is 36.1 Å². The lowest BCUT2D eigenvalue weighted by molar-refractivity contribution is 0.561. The fourth-order valence-electron chi connectivity index (χ4n) is 3.44. The summed E-state index contributed by atoms with van der Waals surface area (Å²) in [7, 11) is 0. The van der Waals surface area contributed by atoms with Crippen LogP contribution in [0.2, 0.25) is 0 Å². The molecule has 0 amide bonds. The summed E-state index contributed by atoms with van der Waals surface area (Å²) in [5, 5.41) is 3.59. The molecular weight excluding hydrogens is 232 g/mol. The lowest BCUT2D eigenvalue weighted by Gasteiger charge is -2.44. The van der Waals surface area contributed by atoms with E-state index in [0.29, 0.717) is 6.04 Å². The summed E-state index contributed by atoms with van der Waals surface area (Å²) in [6.07, 6.45) is 1.15. The Morgan fingerprint density at radius 3 is 2.79 bits per heavy atom. The van der Waals surface area contributed by atoms with Crippen molar-refractivity contribution < 1.29 is 0 Å². The van der Waals surface area contributed by atoms with Gasteiger partial charge in [-0.15, -0.1) is 0 Å². The molecule has 0 saturated carbocycles. The number of anilines is 2. The molecule has 2 aromatic carbocycles. The van der Waals surface area contributed by atoms with Gasteiger partial charge in [0.25, 0.3) is 0 Å². The fourth-order valence-corrected chi connectivity index (χ4v) is 3.44. The predicted octanol–water partition coefficient (Wildman–Crippen LogP) is 3.35. The molecule has 1 atom stereocenters. The van der Waals surface area contributed by atoms with Gasteiger partial charge in [-0.25, -0.2) is 0 Å². The Morgan fingerprint density at radius 1 is 1.05 bits per heavy atom. The highest BCUT2D eigenvalue weighted by atomic mass is 15.2. The molecule has 2 heteroatoms. The van der Waals surface area contributed by atoms with E-state index in [1.165, 1.54) is 28.1 Å². The third-order valence-corrected chi connectivity index (χ3v) is 4.41. The Hall–Kier alpha value is -1.96. The highest BCUT2D eigenvalue weighted by Gasteiger charge is 2.31. The van der Waals surface area contributed by atoms with E-state index in [0.717, 1.165) is 19.5 Å². The largest absolute Gasteiger partial charge is 0.381 e. The van der Waals surface area contributed by atoms with Crippen LogP contribution in [0.3, 0.4) is 0 Å². The van der Waals surface area contributed by atoms with E-state index in [2.05, 4.69) is 59.6 Å². The highest BCUT2D eigenvalue weighted by molar-refractivity contribution is 5.76. The maximum absolute atomic E-state index is 3.59. The molecule has 19 heavy (non-hydrogen) atoms. The van der Waals surface area contributed by atoms with Crippen molar-refractivity contribution in [3.63, 3.8) is 0 Å². The molecule has 0 saturated heterocycles. The number of aryl methyl sites for hydroxylation is 1. The Morgan fingerprint density at radius 2 is 1.89 bits per heavy atom. The molecular formula is C17H18N2. The molecule has 0 fully saturated rings. The van der Waals surface area contributed by atoms with Gasteiger partial charge in [0.15, 0.2) is 0 Å². The summed E-state index contributed by atoms with van der Waals surface area (Å²) >= 11 is 0. The summed E-state index contributed by atoms with van der Waals surface area (Å²) in [5.41, 5.74) is 7.05. The van der Waals surface area contributed by atoms with E-state index in [1.807, 2.05) is 0 Å². The second kappa shape index (κ2) is 4.02. The zero-order valence-electron chi connectivity index (χ0n) is 11.2. The monoisotopic (exact) mass is 250 g/mol. The number of hydrogen-bond donors (Lipinski definition) is 1. The summed E-state index contributed by atoms with van der Waals surface area (Å²) in [6.45, 7) is 4.30. The van der Waals surface area contributed by atoms with Crippen molar-refractivity contribution in [3.8, 4) is 0 Å². The minimum Gasteiger partial charge on any atom is -0.381 e. The van der Waals surface area contributed by atoms with Crippen LogP contribution in [0, 0.1) is 6.92 Å². The smallest absolute Gasteiger partial charge is 0.0637 e. The van der Waals surface area contributed by atoms with Crippen LogP contribution in [-0.2, 0) is 13.0 Å². The van der Waals surface area contributed by atoms with E-state index < -0.39 is 0 Å². The Kier molecular flexibility index (Phi) is 2.31. The number of nitrogens with zero attached hydrogens (tertiary/aromatic N) is 1. The van der Waals surface area contributed by atoms with Gasteiger partial charge in [-0.1, -0.05) is 36.4 Å². The van der Waals surface area contributed by atoms with Gasteiger partial charge in [0, 0.05) is 13.1 Å². The molecule has 0 aromatic heterocycles. The van der Waals surface area contributed by atoms with Crippen molar-refractivity contribution in [2.75, 3.05) is 16.8 Å². The van der Waals surface area contributed by atoms with Crippen molar-refractivity contribution in [1.82, 2.24) is 0 Å². The molecule has 0 radical (unpaired) electrons. The quantitative estimate of drug-likeness (QED) is 0.771. The summed E-state index contributed by atoms with van der Waals surface area (Å²) < 4.78 is 0. The van der Waals surface area contributed by atoms with Crippen LogP contribution >= 0.6 is 0 Å². The predicted molar refractivity (Wildman–Crippen MR) is 79.8 cm³/mol. The lowest BCUT2D eigenvalue weighted by atomic mass is 9.91. The molecule has 2 aliphatic rings. The standard InChI is InChI=1S/C17H18N2/c1-12-5-4-8-16-17(12)19-11-14-7-3-2-6-13(14)9-15(19)10-18-16/h2-8,15,18H,9-11H2,1H3. The second-order valence-corrected chi connectivity index (χ2v) is 5.61. The third-order valence-electron chi connectivity index (χ3n) is 4.41. The molecule has 0 bridgehead atoms. The first-order valence-electron chi connectivity index (χ1n) is 7.00. The molecule has 0 aliphatic carbocycles. The van der Waals surface area contributed by atoms with Gasteiger partial charge in [-0.3, -0.25) is 0 Å². The summed E-state index contributed by atoms with van der Waals surface area (Å²) in [6, 6.07) is 16.0. The van der Waals surface area contributed by atoms with Crippen LogP contribution in [0.5, 0.6) is 0 Å². The number of para-hydroxylation sites is 1. The maximum Gasteiger partial charge on any atom is 0.0637 e. The van der Waals surface area contributed by atoms with Gasteiger partial charge < -0.3 is 10.2 Å². The average Bonchev–Trinajstić information content (AvgIpc) is 2.45. The maximum atomic E-state index is 3.59. The molecule has 2 heterocycles. The number of hydrogen-bond acceptors (Lipinski definition) is 2. The van der Waals surface area contributed by atoms with E-state index in [9.17, 15) is 0 Å². The van der Waals surface area contributed by atoms with E-state index >= 15 is 0 Å². The molecule has 2 aromatic rings. The number of rotatable bonds is 0. The minimum atomic E-state index is 0.587. The first-order valence-corrected chi connectivity index (χ1v) is 7.00. The molecule has 1 unspecified atom stereocenters. The number of fused-ring (bicyclic) bond motifs is 4. The van der Waals surface area contributed by atoms with Crippen LogP contribution < -0.4 is 10.2 Å². The molecule has 2 aliphatic heterocycles. The van der Waals surface area contributed by atoms with E-state index in [4.69, 9.17) is 0 Å². The van der Waals surface area contributed by atoms with Gasteiger partial charge in [0.1, 0.15) is 0 Å². The minimum absolute atomic E-state index is 0.587. The summed E-state index contributed by atoms with van der Waals surface area (Å²) in [5.74, 6) is 0. The van der Waals surface area contributed by atoms with Gasteiger partial charge >= 0.3 is 0 Å². The Balaban J connectivity index is 1.82. The van der Waals surface area contributed by atoms with Crippen molar-refractivity contribution in [2.24, 2.45) is 0 Å². The van der Waals surface area contributed by atoms with E-state index in [1.54, 1.807) is 0 Å². The van der Waals surface area contributed by atoms with Crippen molar-refractivity contribution in [1.29, 1.82) is 0 Å². The molecule has 1 N–H and O–H groups in total. The molecule has 4 rings (SSSR count). The number of benzene rings is 2. The molecule has 96 valence electrons. The van der Waals surface area contributed by atoms with Crippen LogP contribution in [0.25, 0.3) is 0 Å². The second-order valence-electron chi connectivity index (χ2n) is 5.61. The summed E-state index contributed by atoms with van der Waals surface area (Å²) in [4.78, 5) is 2.59. The fraction of sp³-hybridized carbons (Fsp3) is 0.294. The van der Waals surface area contributed by atoms with Crippen LogP contribution in [-0.4, -0.2) is 12.6 Å². The van der Waals surface area contributed by atoms with Gasteiger partial charge in [-0.2, -0.15) is 0 Å². The van der Waals surface area contributed by atoms with Crippen molar-refractivity contribution in [2.45, 2.75) is 25.9 Å². The zero-order chi connectivity index (χ0) is 12.8. The number of nitrogens with one attached hydrogen (secondary N) is 1. The van der Waals surface area contributed by atoms with Crippen molar-refractivity contribution in [3.05, 3.63) is 59.2 Å². The van der Waals surface area contributed by atoms with E-state index in [-0.39, 0.29) is 0 Å². The molecule has 2 nitrogen and oxygen atoms in total. The normalized spacial score (nSPS) is 20.1. The Labute approximate surface area is 114 Å². The van der Waals surface area contributed by atoms with Crippen LogP contribution in [0.15, 0.2) is 42.5 Å². The average molecular weight is 250 g/mol. The highest BCUT2D eigenvalue weighted by Crippen LogP contribution is 2.38. The first-order chi connectivity index (χ1) is 9.33. The zero-order valence-corrected chi connectivity index (χ0v) is 11.2. The lowest BCUT2D eigenvalue weighted by Crippen LogP contribution is -2.48. The molecule has 0 spiro atoms. The van der Waals surface area contributed by atoms with Crippen molar-refractivity contribution >= 4 is 11.4 Å².